The van der Waals surface area contributed by atoms with Gasteiger partial charge in [-0.2, -0.15) is 0 Å². The first-order valence-corrected chi connectivity index (χ1v) is 10.4. The average Bonchev–Trinajstić information content (AvgIpc) is 3.08. The van der Waals surface area contributed by atoms with Gasteiger partial charge in [0.15, 0.2) is 5.13 Å². The van der Waals surface area contributed by atoms with E-state index in [2.05, 4.69) is 17.2 Å². The number of aryl methyl sites for hydroxylation is 1. The van der Waals surface area contributed by atoms with Crippen LogP contribution >= 0.6 is 34.4 Å². The number of hydrogen-bond donors (Lipinski definition) is 2. The number of rotatable bonds is 5. The molecule has 0 saturated heterocycles. The predicted octanol–water partition coefficient (Wildman–Crippen LogP) is 3.47. The predicted molar refractivity (Wildman–Crippen MR) is 100 cm³/mol. The molecule has 1 aliphatic carbocycles. The Bertz CT molecular complexity index is 782. The highest BCUT2D eigenvalue weighted by molar-refractivity contribution is 8.01. The first kappa shape index (κ1) is 17.4. The van der Waals surface area contributed by atoms with Gasteiger partial charge < -0.3 is 5.73 Å². The van der Waals surface area contributed by atoms with Crippen LogP contribution in [0.4, 0.5) is 5.13 Å². The minimum absolute atomic E-state index is 0.0951. The van der Waals surface area contributed by atoms with Crippen LogP contribution < -0.4 is 11.1 Å². The number of nitrogens with one attached hydrogen (secondary N) is 1. The van der Waals surface area contributed by atoms with Crippen molar-refractivity contribution >= 4 is 51.4 Å². The van der Waals surface area contributed by atoms with Gasteiger partial charge in [0.05, 0.1) is 21.2 Å². The van der Waals surface area contributed by atoms with Crippen LogP contribution in [0.25, 0.3) is 0 Å². The van der Waals surface area contributed by atoms with Crippen LogP contribution in [0.2, 0.25) is 0 Å². The van der Waals surface area contributed by atoms with Crippen molar-refractivity contribution in [3.05, 3.63) is 27.1 Å². The van der Waals surface area contributed by atoms with Gasteiger partial charge in [-0.25, -0.2) is 4.98 Å². The molecular weight excluding hydrogens is 362 g/mol. The number of thioether (sulfide) groups is 1. The summed E-state index contributed by atoms with van der Waals surface area (Å²) in [5.41, 5.74) is 7.96. The number of amides is 2. The molecule has 0 radical (unpaired) electrons. The molecule has 3 rings (SSSR count). The first-order chi connectivity index (χ1) is 11.4. The van der Waals surface area contributed by atoms with E-state index in [0.717, 1.165) is 34.7 Å². The van der Waals surface area contributed by atoms with Gasteiger partial charge >= 0.3 is 0 Å². The summed E-state index contributed by atoms with van der Waals surface area (Å²) in [5.74, 6) is 0.449. The van der Waals surface area contributed by atoms with Crippen LogP contribution in [0.3, 0.4) is 0 Å². The standard InChI is InChI=1S/C16H19N3O2S3/c1-8-3-4-10-11(6-22-12(10)5-8)14(21)19-16-18-9(2)15(24-16)23-7-13(17)20/h6,8H,3-5,7H2,1-2H3,(H2,17,20)(H,18,19,21). The van der Waals surface area contributed by atoms with E-state index in [1.807, 2.05) is 12.3 Å². The fourth-order valence-electron chi connectivity index (χ4n) is 2.74. The number of hydrogen-bond acceptors (Lipinski definition) is 6. The summed E-state index contributed by atoms with van der Waals surface area (Å²) in [7, 11) is 0. The largest absolute Gasteiger partial charge is 0.369 e. The summed E-state index contributed by atoms with van der Waals surface area (Å²) in [6.45, 7) is 4.12. The second-order valence-electron chi connectivity index (χ2n) is 6.00. The van der Waals surface area contributed by atoms with Gasteiger partial charge in [0, 0.05) is 10.3 Å². The molecule has 2 heterocycles. The third-order valence-corrected chi connectivity index (χ3v) is 7.48. The first-order valence-electron chi connectivity index (χ1n) is 7.73. The zero-order valence-corrected chi connectivity index (χ0v) is 16.0. The molecule has 24 heavy (non-hydrogen) atoms. The van der Waals surface area contributed by atoms with E-state index in [9.17, 15) is 9.59 Å². The number of thiazole rings is 1. The van der Waals surface area contributed by atoms with Gasteiger partial charge in [-0.1, -0.05) is 18.3 Å². The Hall–Kier alpha value is -1.38. The normalized spacial score (nSPS) is 16.7. The topological polar surface area (TPSA) is 85.1 Å². The van der Waals surface area contributed by atoms with Crippen molar-refractivity contribution in [2.45, 2.75) is 37.3 Å². The number of primary amides is 1. The maximum Gasteiger partial charge on any atom is 0.258 e. The van der Waals surface area contributed by atoms with E-state index in [0.29, 0.717) is 11.0 Å². The van der Waals surface area contributed by atoms with E-state index in [1.54, 1.807) is 11.3 Å². The molecule has 0 fully saturated rings. The minimum Gasteiger partial charge on any atom is -0.369 e. The number of fused-ring (bicyclic) bond motifs is 1. The van der Waals surface area contributed by atoms with Crippen molar-refractivity contribution in [2.24, 2.45) is 11.7 Å². The van der Waals surface area contributed by atoms with Crippen molar-refractivity contribution in [3.8, 4) is 0 Å². The van der Waals surface area contributed by atoms with Crippen molar-refractivity contribution < 1.29 is 9.59 Å². The van der Waals surface area contributed by atoms with Gasteiger partial charge in [-0.3, -0.25) is 14.9 Å². The Kier molecular flexibility index (Phi) is 5.27. The molecule has 1 unspecified atom stereocenters. The number of carbonyl (C=O) groups excluding carboxylic acids is 2. The third-order valence-electron chi connectivity index (χ3n) is 3.97. The average molecular weight is 382 g/mol. The number of nitrogens with zero attached hydrogens (tertiary/aromatic N) is 1. The van der Waals surface area contributed by atoms with Crippen LogP contribution in [0, 0.1) is 12.8 Å². The van der Waals surface area contributed by atoms with E-state index >= 15 is 0 Å². The van der Waals surface area contributed by atoms with Crippen LogP contribution in [0.5, 0.6) is 0 Å². The zero-order chi connectivity index (χ0) is 17.3. The van der Waals surface area contributed by atoms with Crippen molar-refractivity contribution in [3.63, 3.8) is 0 Å². The molecule has 2 aromatic rings. The second kappa shape index (κ2) is 7.25. The lowest BCUT2D eigenvalue weighted by Gasteiger charge is -2.18. The Morgan fingerprint density at radius 2 is 2.29 bits per heavy atom. The maximum absolute atomic E-state index is 12.6. The van der Waals surface area contributed by atoms with Gasteiger partial charge in [0.1, 0.15) is 0 Å². The molecule has 128 valence electrons. The van der Waals surface area contributed by atoms with Crippen LogP contribution in [0.1, 0.15) is 39.8 Å². The van der Waals surface area contributed by atoms with Gasteiger partial charge in [-0.05, 0) is 37.7 Å². The summed E-state index contributed by atoms with van der Waals surface area (Å²) in [4.78, 5) is 29.2. The van der Waals surface area contributed by atoms with Crippen LogP contribution in [-0.4, -0.2) is 22.6 Å². The number of thiophene rings is 1. The summed E-state index contributed by atoms with van der Waals surface area (Å²) >= 11 is 4.42. The molecule has 0 saturated carbocycles. The summed E-state index contributed by atoms with van der Waals surface area (Å²) in [5, 5.41) is 5.42. The van der Waals surface area contributed by atoms with Gasteiger partial charge in [0.25, 0.3) is 5.91 Å². The molecule has 8 heteroatoms. The lowest BCUT2D eigenvalue weighted by molar-refractivity contribution is -0.115. The molecule has 2 aromatic heterocycles. The maximum atomic E-state index is 12.6. The summed E-state index contributed by atoms with van der Waals surface area (Å²) in [6, 6.07) is 0. The lowest BCUT2D eigenvalue weighted by atomic mass is 9.88. The summed E-state index contributed by atoms with van der Waals surface area (Å²) < 4.78 is 0.908. The lowest BCUT2D eigenvalue weighted by Crippen LogP contribution is -2.16. The molecular formula is C16H19N3O2S3. The third kappa shape index (κ3) is 3.81. The Morgan fingerprint density at radius 1 is 1.50 bits per heavy atom. The van der Waals surface area contributed by atoms with Crippen molar-refractivity contribution in [1.82, 2.24) is 4.98 Å². The fourth-order valence-corrected chi connectivity index (χ4v) is 5.86. The fraction of sp³-hybridized carbons (Fsp3) is 0.438. The number of anilines is 1. The zero-order valence-electron chi connectivity index (χ0n) is 13.5. The highest BCUT2D eigenvalue weighted by Gasteiger charge is 2.24. The Balaban J connectivity index is 1.72. The highest BCUT2D eigenvalue weighted by Crippen LogP contribution is 2.35. The quantitative estimate of drug-likeness (QED) is 0.777. The molecule has 1 aliphatic rings. The van der Waals surface area contributed by atoms with E-state index in [-0.39, 0.29) is 17.6 Å². The molecule has 0 aromatic carbocycles. The molecule has 5 nitrogen and oxygen atoms in total. The Labute approximate surface area is 153 Å². The SMILES string of the molecule is Cc1nc(NC(=O)c2csc3c2CCC(C)C3)sc1SCC(N)=O. The number of carbonyl (C=O) groups is 2. The second-order valence-corrected chi connectivity index (χ2v) is 9.21. The Morgan fingerprint density at radius 3 is 3.04 bits per heavy atom. The summed E-state index contributed by atoms with van der Waals surface area (Å²) in [6.07, 6.45) is 3.17. The highest BCUT2D eigenvalue weighted by atomic mass is 32.2. The molecule has 3 N–H and O–H groups in total. The minimum atomic E-state index is -0.363. The molecule has 0 spiro atoms. The molecule has 2 amide bonds. The van der Waals surface area contributed by atoms with Crippen molar-refractivity contribution in [1.29, 1.82) is 0 Å². The van der Waals surface area contributed by atoms with Crippen molar-refractivity contribution in [2.75, 3.05) is 11.1 Å². The van der Waals surface area contributed by atoms with E-state index in [1.165, 1.54) is 33.5 Å². The number of nitrogens with two attached hydrogens (primary N) is 1. The van der Waals surface area contributed by atoms with E-state index in [4.69, 9.17) is 5.73 Å². The molecule has 1 atom stereocenters. The molecule has 0 aliphatic heterocycles. The van der Waals surface area contributed by atoms with Gasteiger partial charge in [0.2, 0.25) is 5.91 Å². The monoisotopic (exact) mass is 381 g/mol. The van der Waals surface area contributed by atoms with E-state index < -0.39 is 0 Å². The van der Waals surface area contributed by atoms with Gasteiger partial charge in [-0.15, -0.1) is 23.1 Å². The van der Waals surface area contributed by atoms with Crippen LogP contribution in [-0.2, 0) is 17.6 Å². The number of aromatic nitrogens is 1. The molecule has 0 bridgehead atoms. The smallest absolute Gasteiger partial charge is 0.258 e. The van der Waals surface area contributed by atoms with Crippen LogP contribution in [0.15, 0.2) is 9.59 Å².